The van der Waals surface area contributed by atoms with Crippen LogP contribution in [0.15, 0.2) is 30.3 Å². The van der Waals surface area contributed by atoms with Gasteiger partial charge in [0.2, 0.25) is 0 Å². The van der Waals surface area contributed by atoms with Crippen molar-refractivity contribution in [2.75, 3.05) is 0 Å². The molecule has 0 aromatic heterocycles. The quantitative estimate of drug-likeness (QED) is 0.540. The Hall–Kier alpha value is -0.638. The van der Waals surface area contributed by atoms with Gasteiger partial charge in [-0.05, 0) is 11.5 Å². The minimum Gasteiger partial charge on any atom is -0.479 e. The average molecular weight is 508 g/mol. The average Bonchev–Trinajstić information content (AvgIpc) is 2.42. The molecule has 0 saturated heterocycles. The fourth-order valence-electron chi connectivity index (χ4n) is 1.66. The van der Waals surface area contributed by atoms with E-state index in [1.807, 2.05) is 18.2 Å². The van der Waals surface area contributed by atoms with Crippen LogP contribution in [0.1, 0.15) is 19.4 Å². The summed E-state index contributed by atoms with van der Waals surface area (Å²) < 4.78 is 4.98. The molecule has 6 nitrogen and oxygen atoms in total. The third kappa shape index (κ3) is 7.26. The maximum Gasteiger partial charge on any atom is 0.407 e. The van der Waals surface area contributed by atoms with E-state index >= 15 is 0 Å². The molecule has 1 unspecified atom stereocenters. The summed E-state index contributed by atoms with van der Waals surface area (Å²) in [6.45, 7) is 3.49. The first-order valence-electron chi connectivity index (χ1n) is 6.30. The number of aliphatic hydroxyl groups excluding tert-OH is 1. The van der Waals surface area contributed by atoms with E-state index in [4.69, 9.17) is 9.84 Å². The van der Waals surface area contributed by atoms with Crippen molar-refractivity contribution >= 4 is 12.1 Å². The van der Waals surface area contributed by atoms with Gasteiger partial charge >= 0.3 is 12.1 Å². The summed E-state index contributed by atoms with van der Waals surface area (Å²) in [4.78, 5) is 22.4. The van der Waals surface area contributed by atoms with Crippen LogP contribution in [0.25, 0.3) is 0 Å². The summed E-state index contributed by atoms with van der Waals surface area (Å²) in [7, 11) is 0. The van der Waals surface area contributed by atoms with Crippen LogP contribution in [-0.2, 0) is 16.1 Å². The number of carboxylic acid groups (broad SMARTS) is 1. The Morgan fingerprint density at radius 1 is 1.24 bits per heavy atom. The summed E-state index contributed by atoms with van der Waals surface area (Å²) in [5.74, 6) is -1.63. The molecular weight excluding hydrogens is 489 g/mol. The summed E-state index contributed by atoms with van der Waals surface area (Å²) in [6, 6.07) is 8.19. The molecule has 0 aliphatic carbocycles. The van der Waals surface area contributed by atoms with Crippen LogP contribution in [0.2, 0.25) is 0 Å². The standard InChI is InChI=1S/C14H19NO5.Ac/c1-9(2)11(12(16)13(17)18)15-14(19)20-8-10-6-4-3-5-7-10;/h3-7,9,11-12,16H,8H2,1-2H3,(H,15,19)(H,17,18);/t11-,12?;/m0./s1. The molecular formula is C14H19AcNO5. The van der Waals surface area contributed by atoms with Crippen molar-refractivity contribution in [1.82, 2.24) is 5.32 Å². The van der Waals surface area contributed by atoms with Crippen molar-refractivity contribution in [3.05, 3.63) is 35.9 Å². The first kappa shape index (κ1) is 20.4. The molecule has 0 aliphatic rings. The topological polar surface area (TPSA) is 95.9 Å². The van der Waals surface area contributed by atoms with Gasteiger partial charge in [0.15, 0.2) is 6.10 Å². The van der Waals surface area contributed by atoms with Crippen LogP contribution in [0.5, 0.6) is 0 Å². The number of amides is 1. The fourth-order valence-corrected chi connectivity index (χ4v) is 1.66. The van der Waals surface area contributed by atoms with E-state index in [-0.39, 0.29) is 56.6 Å². The molecule has 113 valence electrons. The SMILES string of the molecule is CC(C)[C@H](NC(=O)OCc1ccccc1)C(O)C(=O)O.[Ac]. The smallest absolute Gasteiger partial charge is 0.407 e. The molecule has 7 heteroatoms. The Labute approximate surface area is 159 Å². The number of carbonyl (C=O) groups excluding carboxylic acids is 1. The molecule has 2 atom stereocenters. The minimum atomic E-state index is -1.67. The van der Waals surface area contributed by atoms with Gasteiger partial charge in [-0.1, -0.05) is 44.2 Å². The third-order valence-electron chi connectivity index (χ3n) is 2.81. The number of benzene rings is 1. The zero-order chi connectivity index (χ0) is 15.1. The number of carbonyl (C=O) groups is 2. The van der Waals surface area contributed by atoms with E-state index in [0.717, 1.165) is 5.56 Å². The van der Waals surface area contributed by atoms with Gasteiger partial charge in [-0.25, -0.2) is 9.59 Å². The van der Waals surface area contributed by atoms with Gasteiger partial charge in [0.1, 0.15) is 6.61 Å². The zero-order valence-electron chi connectivity index (χ0n) is 12.0. The van der Waals surface area contributed by atoms with Crippen LogP contribution >= 0.6 is 0 Å². The normalized spacial score (nSPS) is 13.0. The largest absolute Gasteiger partial charge is 0.479 e. The van der Waals surface area contributed by atoms with Gasteiger partial charge in [0.05, 0.1) is 6.04 Å². The predicted molar refractivity (Wildman–Crippen MR) is 72.0 cm³/mol. The predicted octanol–water partition coefficient (Wildman–Crippen LogP) is 1.38. The van der Waals surface area contributed by atoms with E-state index < -0.39 is 24.2 Å². The van der Waals surface area contributed by atoms with Gasteiger partial charge in [0, 0.05) is 44.1 Å². The fraction of sp³-hybridized carbons (Fsp3) is 0.429. The van der Waals surface area contributed by atoms with E-state index in [1.165, 1.54) is 0 Å². The third-order valence-corrected chi connectivity index (χ3v) is 2.81. The number of aliphatic carboxylic acids is 1. The Balaban J connectivity index is 0.00000400. The van der Waals surface area contributed by atoms with Gasteiger partial charge in [-0.15, -0.1) is 0 Å². The molecule has 1 aromatic rings. The second-order valence-electron chi connectivity index (χ2n) is 4.76. The number of nitrogens with one attached hydrogen (secondary N) is 1. The van der Waals surface area contributed by atoms with Crippen molar-refractivity contribution in [3.63, 3.8) is 0 Å². The Morgan fingerprint density at radius 3 is 2.29 bits per heavy atom. The molecule has 1 radical (unpaired) electrons. The monoisotopic (exact) mass is 508 g/mol. The van der Waals surface area contributed by atoms with Crippen LogP contribution in [0, 0.1) is 50.0 Å². The molecule has 0 bridgehead atoms. The summed E-state index contributed by atoms with van der Waals surface area (Å²) in [5.41, 5.74) is 0.822. The molecule has 0 fully saturated rings. The molecule has 21 heavy (non-hydrogen) atoms. The summed E-state index contributed by atoms with van der Waals surface area (Å²) >= 11 is 0. The molecule has 1 rings (SSSR count). The molecule has 3 N–H and O–H groups in total. The van der Waals surface area contributed by atoms with Gasteiger partial charge in [0.25, 0.3) is 0 Å². The molecule has 1 amide bonds. The number of aliphatic hydroxyl groups is 1. The van der Waals surface area contributed by atoms with Crippen molar-refractivity contribution in [2.24, 2.45) is 5.92 Å². The van der Waals surface area contributed by atoms with Crippen LogP contribution in [0.4, 0.5) is 4.79 Å². The molecule has 0 aliphatic heterocycles. The number of carboxylic acids is 1. The molecule has 0 heterocycles. The Bertz CT molecular complexity index is 452. The van der Waals surface area contributed by atoms with Gasteiger partial charge in [-0.2, -0.15) is 0 Å². The maximum absolute atomic E-state index is 11.6. The molecule has 0 saturated carbocycles. The molecule has 1 aromatic carbocycles. The van der Waals surface area contributed by atoms with Crippen molar-refractivity contribution < 1.29 is 68.6 Å². The van der Waals surface area contributed by atoms with Gasteiger partial charge < -0.3 is 20.3 Å². The van der Waals surface area contributed by atoms with Crippen LogP contribution < -0.4 is 5.32 Å². The Kier molecular flexibility index (Phi) is 9.84. The maximum atomic E-state index is 11.6. The summed E-state index contributed by atoms with van der Waals surface area (Å²) in [6.07, 6.45) is -2.42. The Morgan fingerprint density at radius 2 is 1.81 bits per heavy atom. The number of hydrogen-bond acceptors (Lipinski definition) is 4. The van der Waals surface area contributed by atoms with E-state index in [2.05, 4.69) is 5.32 Å². The van der Waals surface area contributed by atoms with E-state index in [9.17, 15) is 14.7 Å². The van der Waals surface area contributed by atoms with E-state index in [1.54, 1.807) is 26.0 Å². The number of alkyl carbamates (subject to hydrolysis) is 1. The zero-order valence-corrected chi connectivity index (χ0v) is 16.8. The van der Waals surface area contributed by atoms with Crippen molar-refractivity contribution in [3.8, 4) is 0 Å². The first-order chi connectivity index (χ1) is 9.41. The van der Waals surface area contributed by atoms with E-state index in [0.29, 0.717) is 0 Å². The van der Waals surface area contributed by atoms with Gasteiger partial charge in [-0.3, -0.25) is 0 Å². The second kappa shape index (κ2) is 10.1. The number of ether oxygens (including phenoxy) is 1. The number of rotatable bonds is 6. The van der Waals surface area contributed by atoms with Crippen molar-refractivity contribution in [2.45, 2.75) is 32.6 Å². The minimum absolute atomic E-state index is 0. The first-order valence-corrected chi connectivity index (χ1v) is 6.30. The van der Waals surface area contributed by atoms with Crippen LogP contribution in [0.3, 0.4) is 0 Å². The van der Waals surface area contributed by atoms with Crippen LogP contribution in [-0.4, -0.2) is 34.4 Å². The number of hydrogen-bond donors (Lipinski definition) is 3. The summed E-state index contributed by atoms with van der Waals surface area (Å²) in [5, 5.41) is 20.7. The molecule has 0 spiro atoms. The second-order valence-corrected chi connectivity index (χ2v) is 4.76. The van der Waals surface area contributed by atoms with Crippen molar-refractivity contribution in [1.29, 1.82) is 0 Å².